The Morgan fingerprint density at radius 2 is 2.03 bits per heavy atom. The second-order valence-corrected chi connectivity index (χ2v) is 8.49. The highest BCUT2D eigenvalue weighted by Crippen LogP contribution is 2.33. The third-order valence-corrected chi connectivity index (χ3v) is 6.28. The van der Waals surface area contributed by atoms with Crippen LogP contribution in [0.4, 0.5) is 19.0 Å². The van der Waals surface area contributed by atoms with Crippen molar-refractivity contribution in [1.82, 2.24) is 19.9 Å². The predicted octanol–water partition coefficient (Wildman–Crippen LogP) is 4.23. The van der Waals surface area contributed by atoms with E-state index in [0.29, 0.717) is 28.3 Å². The molecule has 3 heterocycles. The number of aryl methyl sites for hydroxylation is 1. The molecule has 4 rings (SSSR count). The van der Waals surface area contributed by atoms with Gasteiger partial charge in [-0.1, -0.05) is 19.1 Å². The van der Waals surface area contributed by atoms with Gasteiger partial charge < -0.3 is 10.6 Å². The molecule has 32 heavy (non-hydrogen) atoms. The van der Waals surface area contributed by atoms with Crippen molar-refractivity contribution in [2.45, 2.75) is 38.4 Å². The molecule has 1 aliphatic rings. The number of anilines is 1. The summed E-state index contributed by atoms with van der Waals surface area (Å²) in [5, 5.41) is 7.25. The number of halogens is 3. The Balaban J connectivity index is 1.74. The van der Waals surface area contributed by atoms with Crippen LogP contribution in [0.15, 0.2) is 41.5 Å². The van der Waals surface area contributed by atoms with E-state index in [0.717, 1.165) is 37.2 Å². The van der Waals surface area contributed by atoms with Crippen LogP contribution in [0.3, 0.4) is 0 Å². The van der Waals surface area contributed by atoms with Crippen LogP contribution in [-0.2, 0) is 13.2 Å². The fraction of sp³-hybridized carbons (Fsp3) is 0.435. The zero-order valence-corrected chi connectivity index (χ0v) is 18.2. The van der Waals surface area contributed by atoms with Crippen LogP contribution in [0.5, 0.6) is 0 Å². The molecular weight excluding hydrogens is 419 g/mol. The molecule has 1 aromatic carbocycles. The third-order valence-electron chi connectivity index (χ3n) is 6.28. The highest BCUT2D eigenvalue weighted by atomic mass is 19.4. The first-order valence-electron chi connectivity index (χ1n) is 10.7. The van der Waals surface area contributed by atoms with Gasteiger partial charge in [0.2, 0.25) is 0 Å². The van der Waals surface area contributed by atoms with Gasteiger partial charge in [0, 0.05) is 18.7 Å². The van der Waals surface area contributed by atoms with Crippen molar-refractivity contribution in [3.05, 3.63) is 63.7 Å². The first-order valence-corrected chi connectivity index (χ1v) is 10.7. The molecule has 0 saturated carbocycles. The molecule has 1 saturated heterocycles. The van der Waals surface area contributed by atoms with E-state index in [9.17, 15) is 18.0 Å². The largest absolute Gasteiger partial charge is 0.416 e. The maximum atomic E-state index is 13.1. The number of fused-ring (bicyclic) bond motifs is 1. The molecule has 2 N–H and O–H groups in total. The lowest BCUT2D eigenvalue weighted by Gasteiger charge is -2.30. The van der Waals surface area contributed by atoms with Crippen LogP contribution in [-0.4, -0.2) is 27.6 Å². The molecule has 3 aromatic rings. The summed E-state index contributed by atoms with van der Waals surface area (Å²) in [6.45, 7) is 5.59. The number of pyridine rings is 1. The number of nitrogens with one attached hydrogen (secondary N) is 2. The molecule has 3 atom stereocenters. The lowest BCUT2D eigenvalue weighted by molar-refractivity contribution is -0.137. The molecule has 0 radical (unpaired) electrons. The minimum atomic E-state index is -4.41. The van der Waals surface area contributed by atoms with Crippen LogP contribution in [0.1, 0.15) is 48.9 Å². The molecule has 0 amide bonds. The van der Waals surface area contributed by atoms with E-state index in [1.54, 1.807) is 20.0 Å². The van der Waals surface area contributed by atoms with Crippen LogP contribution in [0.2, 0.25) is 0 Å². The van der Waals surface area contributed by atoms with E-state index in [4.69, 9.17) is 0 Å². The summed E-state index contributed by atoms with van der Waals surface area (Å²) < 4.78 is 40.9. The summed E-state index contributed by atoms with van der Waals surface area (Å²) in [5.74, 6) is 0.908. The quantitative estimate of drug-likeness (QED) is 0.629. The van der Waals surface area contributed by atoms with Crippen LogP contribution in [0.25, 0.3) is 11.0 Å². The molecule has 2 aromatic heterocycles. The standard InChI is InChI=1S/C23H26F3N5O/c1-13-11-27-8-7-17(13)18-10-19-20(28-12-29-21(19)31(3)22(18)32)30-14(2)15-5-4-6-16(9-15)23(24,25)26/h4-6,9-10,12-14,17,27H,7-8,11H2,1-3H3,(H,28,29,30)/t13?,14-,17?/m1/s1. The topological polar surface area (TPSA) is 71.8 Å². The molecule has 0 aliphatic carbocycles. The Kier molecular flexibility index (Phi) is 5.94. The van der Waals surface area contributed by atoms with Gasteiger partial charge >= 0.3 is 6.18 Å². The SMILES string of the molecule is CC1CNCCC1c1cc2c(N[C@H](C)c3cccc(C(F)(F)F)c3)ncnc2n(C)c1=O. The third kappa shape index (κ3) is 4.21. The first kappa shape index (κ1) is 22.3. The molecule has 9 heteroatoms. The van der Waals surface area contributed by atoms with Crippen molar-refractivity contribution in [3.63, 3.8) is 0 Å². The average Bonchev–Trinajstić information content (AvgIpc) is 2.76. The average molecular weight is 445 g/mol. The van der Waals surface area contributed by atoms with Crippen molar-refractivity contribution in [2.75, 3.05) is 18.4 Å². The molecule has 1 aliphatic heterocycles. The molecular formula is C23H26F3N5O. The van der Waals surface area contributed by atoms with Crippen LogP contribution >= 0.6 is 0 Å². The number of aromatic nitrogens is 3. The Bertz CT molecular complexity index is 1190. The van der Waals surface area contributed by atoms with Gasteiger partial charge in [-0.25, -0.2) is 9.97 Å². The highest BCUT2D eigenvalue weighted by Gasteiger charge is 2.31. The molecule has 2 unspecified atom stereocenters. The molecule has 0 spiro atoms. The van der Waals surface area contributed by atoms with Gasteiger partial charge in [-0.3, -0.25) is 9.36 Å². The number of alkyl halides is 3. The molecule has 6 nitrogen and oxygen atoms in total. The van der Waals surface area contributed by atoms with Gasteiger partial charge in [0.1, 0.15) is 17.8 Å². The Labute approximate surface area is 183 Å². The first-order chi connectivity index (χ1) is 15.2. The maximum absolute atomic E-state index is 13.1. The highest BCUT2D eigenvalue weighted by molar-refractivity contribution is 5.87. The van der Waals surface area contributed by atoms with Gasteiger partial charge in [0.15, 0.2) is 0 Å². The minimum absolute atomic E-state index is 0.0770. The van der Waals surface area contributed by atoms with Gasteiger partial charge in [0.05, 0.1) is 10.9 Å². The van der Waals surface area contributed by atoms with E-state index in [1.165, 1.54) is 17.0 Å². The van der Waals surface area contributed by atoms with Crippen LogP contribution < -0.4 is 16.2 Å². The zero-order valence-electron chi connectivity index (χ0n) is 18.2. The summed E-state index contributed by atoms with van der Waals surface area (Å²) in [6.07, 6.45) is -2.19. The number of piperidine rings is 1. The Hall–Kier alpha value is -2.94. The van der Waals surface area contributed by atoms with E-state index in [2.05, 4.69) is 27.5 Å². The van der Waals surface area contributed by atoms with Crippen LogP contribution in [0, 0.1) is 5.92 Å². The second-order valence-electron chi connectivity index (χ2n) is 8.49. The minimum Gasteiger partial charge on any atom is -0.363 e. The van der Waals surface area contributed by atoms with E-state index in [1.807, 2.05) is 6.07 Å². The van der Waals surface area contributed by atoms with E-state index >= 15 is 0 Å². The lowest BCUT2D eigenvalue weighted by atomic mass is 9.82. The Morgan fingerprint density at radius 3 is 2.75 bits per heavy atom. The van der Waals surface area contributed by atoms with Crippen molar-refractivity contribution in [1.29, 1.82) is 0 Å². The summed E-state index contributed by atoms with van der Waals surface area (Å²) in [4.78, 5) is 21.7. The Morgan fingerprint density at radius 1 is 1.25 bits per heavy atom. The monoisotopic (exact) mass is 445 g/mol. The smallest absolute Gasteiger partial charge is 0.363 e. The summed E-state index contributed by atoms with van der Waals surface area (Å²) >= 11 is 0. The maximum Gasteiger partial charge on any atom is 0.416 e. The summed E-state index contributed by atoms with van der Waals surface area (Å²) in [5.41, 5.74) is 0.920. The molecule has 170 valence electrons. The number of hydrogen-bond donors (Lipinski definition) is 2. The summed E-state index contributed by atoms with van der Waals surface area (Å²) in [7, 11) is 1.69. The lowest BCUT2D eigenvalue weighted by Crippen LogP contribution is -2.37. The van der Waals surface area contributed by atoms with Crippen molar-refractivity contribution < 1.29 is 13.2 Å². The van der Waals surface area contributed by atoms with Crippen molar-refractivity contribution in [3.8, 4) is 0 Å². The number of nitrogens with zero attached hydrogens (tertiary/aromatic N) is 3. The van der Waals surface area contributed by atoms with Gasteiger partial charge in [-0.2, -0.15) is 13.2 Å². The second kappa shape index (κ2) is 8.54. The van der Waals surface area contributed by atoms with Gasteiger partial charge in [-0.05, 0) is 62.0 Å². The van der Waals surface area contributed by atoms with E-state index in [-0.39, 0.29) is 11.5 Å². The number of hydrogen-bond acceptors (Lipinski definition) is 5. The fourth-order valence-corrected chi connectivity index (χ4v) is 4.42. The fourth-order valence-electron chi connectivity index (χ4n) is 4.42. The normalized spacial score (nSPS) is 20.3. The molecule has 1 fully saturated rings. The zero-order chi connectivity index (χ0) is 23.0. The molecule has 0 bridgehead atoms. The summed E-state index contributed by atoms with van der Waals surface area (Å²) in [6, 6.07) is 6.65. The van der Waals surface area contributed by atoms with Gasteiger partial charge in [-0.15, -0.1) is 0 Å². The predicted molar refractivity (Wildman–Crippen MR) is 118 cm³/mol. The van der Waals surface area contributed by atoms with Gasteiger partial charge in [0.25, 0.3) is 5.56 Å². The van der Waals surface area contributed by atoms with Crippen molar-refractivity contribution in [2.24, 2.45) is 13.0 Å². The van der Waals surface area contributed by atoms with E-state index < -0.39 is 17.8 Å². The number of benzene rings is 1. The number of rotatable bonds is 4. The van der Waals surface area contributed by atoms with Crippen molar-refractivity contribution >= 4 is 16.9 Å².